The van der Waals surface area contributed by atoms with Crippen molar-refractivity contribution in [2.24, 2.45) is 0 Å². The SMILES string of the molecule is Cc1nnc(NS(=O)(=O)c2c(C)c(C)cc(N)c2C)o1. The highest BCUT2D eigenvalue weighted by Crippen LogP contribution is 2.29. The van der Waals surface area contributed by atoms with E-state index in [9.17, 15) is 8.42 Å². The lowest BCUT2D eigenvalue weighted by atomic mass is 10.1. The summed E-state index contributed by atoms with van der Waals surface area (Å²) in [7, 11) is -3.83. The number of rotatable bonds is 3. The number of aryl methyl sites for hydroxylation is 2. The first-order valence-corrected chi connectivity index (χ1v) is 7.40. The van der Waals surface area contributed by atoms with E-state index in [0.717, 1.165) is 5.56 Å². The second kappa shape index (κ2) is 4.78. The molecule has 0 bridgehead atoms. The van der Waals surface area contributed by atoms with Gasteiger partial charge in [-0.1, -0.05) is 5.10 Å². The molecule has 0 amide bonds. The highest BCUT2D eigenvalue weighted by molar-refractivity contribution is 7.92. The van der Waals surface area contributed by atoms with Gasteiger partial charge in [-0.25, -0.2) is 13.1 Å². The highest BCUT2D eigenvalue weighted by Gasteiger charge is 2.24. The molecule has 0 fully saturated rings. The van der Waals surface area contributed by atoms with Gasteiger partial charge in [-0.3, -0.25) is 0 Å². The zero-order chi connectivity index (χ0) is 15.1. The van der Waals surface area contributed by atoms with Crippen molar-refractivity contribution in [2.45, 2.75) is 32.6 Å². The van der Waals surface area contributed by atoms with Crippen LogP contribution in [0.1, 0.15) is 22.6 Å². The molecule has 20 heavy (non-hydrogen) atoms. The van der Waals surface area contributed by atoms with Crippen molar-refractivity contribution in [3.8, 4) is 0 Å². The van der Waals surface area contributed by atoms with Gasteiger partial charge in [0.15, 0.2) is 0 Å². The monoisotopic (exact) mass is 296 g/mol. The molecule has 0 aliphatic rings. The summed E-state index contributed by atoms with van der Waals surface area (Å²) in [5, 5.41) is 7.20. The minimum Gasteiger partial charge on any atom is -0.408 e. The molecule has 7 nitrogen and oxygen atoms in total. The number of nitrogen functional groups attached to an aromatic ring is 1. The molecule has 1 aromatic heterocycles. The standard InChI is InChI=1S/C12H16N4O3S/c1-6-5-10(13)8(3)11(7(6)2)20(17,18)16-12-15-14-9(4)19-12/h5H,13H2,1-4H3,(H,15,16). The van der Waals surface area contributed by atoms with E-state index in [1.54, 1.807) is 33.8 Å². The summed E-state index contributed by atoms with van der Waals surface area (Å²) in [6.45, 7) is 6.78. The Balaban J connectivity index is 2.55. The predicted octanol–water partition coefficient (Wildman–Crippen LogP) is 1.69. The smallest absolute Gasteiger partial charge is 0.329 e. The molecule has 1 heterocycles. The maximum absolute atomic E-state index is 12.5. The van der Waals surface area contributed by atoms with Crippen molar-refractivity contribution in [1.29, 1.82) is 0 Å². The molecule has 2 aromatic rings. The molecule has 3 N–H and O–H groups in total. The minimum absolute atomic E-state index is 0.144. The number of nitrogens with zero attached hydrogens (tertiary/aromatic N) is 2. The Morgan fingerprint density at radius 3 is 2.35 bits per heavy atom. The third-order valence-electron chi connectivity index (χ3n) is 3.09. The fraction of sp³-hybridized carbons (Fsp3) is 0.333. The lowest BCUT2D eigenvalue weighted by Gasteiger charge is -2.14. The average molecular weight is 296 g/mol. The van der Waals surface area contributed by atoms with Gasteiger partial charge in [-0.05, 0) is 43.5 Å². The summed E-state index contributed by atoms with van der Waals surface area (Å²) in [6, 6.07) is 1.59. The largest absolute Gasteiger partial charge is 0.408 e. The first kappa shape index (κ1) is 14.3. The zero-order valence-corrected chi connectivity index (χ0v) is 12.5. The van der Waals surface area contributed by atoms with Crippen molar-refractivity contribution >= 4 is 21.7 Å². The zero-order valence-electron chi connectivity index (χ0n) is 11.7. The van der Waals surface area contributed by atoms with Gasteiger partial charge in [-0.2, -0.15) is 0 Å². The van der Waals surface area contributed by atoms with Crippen molar-refractivity contribution in [3.63, 3.8) is 0 Å². The Bertz CT molecular complexity index is 739. The number of nitrogens with one attached hydrogen (secondary N) is 1. The molecule has 108 valence electrons. The van der Waals surface area contributed by atoms with Crippen LogP contribution < -0.4 is 10.5 Å². The van der Waals surface area contributed by atoms with E-state index >= 15 is 0 Å². The highest BCUT2D eigenvalue weighted by atomic mass is 32.2. The van der Waals surface area contributed by atoms with Crippen LogP contribution in [0.2, 0.25) is 0 Å². The van der Waals surface area contributed by atoms with E-state index in [4.69, 9.17) is 10.2 Å². The molecule has 0 saturated carbocycles. The summed E-state index contributed by atoms with van der Waals surface area (Å²) >= 11 is 0. The van der Waals surface area contributed by atoms with Gasteiger partial charge in [0.2, 0.25) is 5.89 Å². The van der Waals surface area contributed by atoms with Crippen molar-refractivity contribution < 1.29 is 12.8 Å². The van der Waals surface area contributed by atoms with Gasteiger partial charge in [0.25, 0.3) is 10.0 Å². The molecule has 0 radical (unpaired) electrons. The Labute approximate surface area is 117 Å². The molecule has 0 saturated heterocycles. The Kier molecular flexibility index (Phi) is 3.43. The molecule has 0 atom stereocenters. The lowest BCUT2D eigenvalue weighted by molar-refractivity contribution is 0.534. The molecule has 2 rings (SSSR count). The van der Waals surface area contributed by atoms with Gasteiger partial charge in [0, 0.05) is 12.6 Å². The molecule has 0 spiro atoms. The lowest BCUT2D eigenvalue weighted by Crippen LogP contribution is -2.17. The number of benzene rings is 1. The maximum Gasteiger partial charge on any atom is 0.329 e. The van der Waals surface area contributed by atoms with E-state index in [1.807, 2.05) is 0 Å². The van der Waals surface area contributed by atoms with E-state index in [1.165, 1.54) is 0 Å². The normalized spacial score (nSPS) is 11.6. The van der Waals surface area contributed by atoms with Crippen molar-refractivity contribution in [1.82, 2.24) is 10.2 Å². The summed E-state index contributed by atoms with van der Waals surface area (Å²) in [4.78, 5) is 0.144. The first-order valence-electron chi connectivity index (χ1n) is 5.91. The van der Waals surface area contributed by atoms with Crippen LogP contribution in [-0.2, 0) is 10.0 Å². The van der Waals surface area contributed by atoms with E-state index < -0.39 is 10.0 Å². The van der Waals surface area contributed by atoms with Crippen LogP contribution >= 0.6 is 0 Å². The predicted molar refractivity (Wildman–Crippen MR) is 74.9 cm³/mol. The Morgan fingerprint density at radius 1 is 1.15 bits per heavy atom. The number of aromatic nitrogens is 2. The van der Waals surface area contributed by atoms with Crippen LogP contribution in [0, 0.1) is 27.7 Å². The van der Waals surface area contributed by atoms with Gasteiger partial charge >= 0.3 is 6.01 Å². The molecule has 0 aliphatic carbocycles. The van der Waals surface area contributed by atoms with Crippen molar-refractivity contribution in [3.05, 3.63) is 28.6 Å². The number of anilines is 2. The molecular formula is C12H16N4O3S. The number of nitrogens with two attached hydrogens (primary N) is 1. The van der Waals surface area contributed by atoms with Gasteiger partial charge < -0.3 is 10.2 Å². The van der Waals surface area contributed by atoms with Crippen LogP contribution in [-0.4, -0.2) is 18.6 Å². The molecule has 0 unspecified atom stereocenters. The van der Waals surface area contributed by atoms with Gasteiger partial charge in [0.1, 0.15) is 0 Å². The quantitative estimate of drug-likeness (QED) is 0.834. The molecule has 0 aliphatic heterocycles. The fourth-order valence-electron chi connectivity index (χ4n) is 1.95. The summed E-state index contributed by atoms with van der Waals surface area (Å²) in [5.74, 6) is 0.278. The second-order valence-electron chi connectivity index (χ2n) is 4.59. The average Bonchev–Trinajstić information content (AvgIpc) is 2.71. The third kappa shape index (κ3) is 2.46. The van der Waals surface area contributed by atoms with E-state index in [0.29, 0.717) is 16.8 Å². The third-order valence-corrected chi connectivity index (χ3v) is 4.69. The van der Waals surface area contributed by atoms with E-state index in [-0.39, 0.29) is 16.8 Å². The first-order chi connectivity index (χ1) is 9.22. The summed E-state index contributed by atoms with van der Waals surface area (Å²) in [5.41, 5.74) is 8.20. The minimum atomic E-state index is -3.83. The summed E-state index contributed by atoms with van der Waals surface area (Å²) in [6.07, 6.45) is 0. The Hall–Kier alpha value is -2.09. The second-order valence-corrected chi connectivity index (χ2v) is 6.21. The van der Waals surface area contributed by atoms with Crippen LogP contribution in [0.4, 0.5) is 11.7 Å². The maximum atomic E-state index is 12.5. The topological polar surface area (TPSA) is 111 Å². The van der Waals surface area contributed by atoms with Crippen LogP contribution in [0.5, 0.6) is 0 Å². The summed E-state index contributed by atoms with van der Waals surface area (Å²) < 4.78 is 32.2. The molecule has 1 aromatic carbocycles. The van der Waals surface area contributed by atoms with Gasteiger partial charge in [0.05, 0.1) is 4.90 Å². The number of hydrogen-bond acceptors (Lipinski definition) is 6. The van der Waals surface area contributed by atoms with E-state index in [2.05, 4.69) is 14.9 Å². The van der Waals surface area contributed by atoms with Gasteiger partial charge in [-0.15, -0.1) is 5.10 Å². The number of sulfonamides is 1. The Morgan fingerprint density at radius 2 is 1.80 bits per heavy atom. The fourth-order valence-corrected chi connectivity index (χ4v) is 3.45. The van der Waals surface area contributed by atoms with Crippen LogP contribution in [0.15, 0.2) is 15.4 Å². The van der Waals surface area contributed by atoms with Crippen LogP contribution in [0.25, 0.3) is 0 Å². The van der Waals surface area contributed by atoms with Crippen LogP contribution in [0.3, 0.4) is 0 Å². The number of hydrogen-bond donors (Lipinski definition) is 2. The molecule has 8 heteroatoms. The molecular weight excluding hydrogens is 280 g/mol. The van der Waals surface area contributed by atoms with Crippen molar-refractivity contribution in [2.75, 3.05) is 10.5 Å².